The lowest BCUT2D eigenvalue weighted by molar-refractivity contribution is -0.103. The zero-order valence-electron chi connectivity index (χ0n) is 9.34. The van der Waals surface area contributed by atoms with Gasteiger partial charge in [0.15, 0.2) is 0 Å². The Labute approximate surface area is 96.7 Å². The predicted molar refractivity (Wildman–Crippen MR) is 57.2 cm³/mol. The number of aliphatic imine (C=N–C) groups is 1. The first kappa shape index (κ1) is 13.9. The number of methoxy groups -OCH3 is 1. The van der Waals surface area contributed by atoms with Gasteiger partial charge in [0.2, 0.25) is 0 Å². The predicted octanol–water partition coefficient (Wildman–Crippen LogP) is 0.0845. The van der Waals surface area contributed by atoms with Crippen molar-refractivity contribution >= 4 is 5.84 Å². The van der Waals surface area contributed by atoms with Gasteiger partial charge in [-0.25, -0.2) is 4.99 Å². The van der Waals surface area contributed by atoms with Gasteiger partial charge < -0.3 is 16.2 Å². The molecule has 0 saturated carbocycles. The van der Waals surface area contributed by atoms with Crippen LogP contribution >= 0.6 is 0 Å². The minimum atomic E-state index is -4.54. The number of hydrogen-bond acceptors (Lipinski definition) is 5. The molecule has 0 aromatic heterocycles. The van der Waals surface area contributed by atoms with Crippen molar-refractivity contribution in [3.63, 3.8) is 0 Å². The molecule has 5 nitrogen and oxygen atoms in total. The number of amidine groups is 1. The largest absolute Gasteiger partial charge is 0.417 e. The average molecular weight is 252 g/mol. The normalized spacial score (nSPS) is 25.5. The zero-order chi connectivity index (χ0) is 13.1. The zero-order valence-corrected chi connectivity index (χ0v) is 9.34. The van der Waals surface area contributed by atoms with Gasteiger partial charge in [-0.05, 0) is 0 Å². The van der Waals surface area contributed by atoms with Crippen LogP contribution in [0.4, 0.5) is 13.2 Å². The summed E-state index contributed by atoms with van der Waals surface area (Å²) >= 11 is 0. The lowest BCUT2D eigenvalue weighted by atomic mass is 9.94. The van der Waals surface area contributed by atoms with E-state index in [1.54, 1.807) is 0 Å². The molecular formula is C9H15F3N4O. The number of halogens is 3. The van der Waals surface area contributed by atoms with Crippen LogP contribution in [0.1, 0.15) is 6.42 Å². The quantitative estimate of drug-likeness (QED) is 0.489. The molecule has 0 aromatic carbocycles. The molecule has 0 aromatic rings. The van der Waals surface area contributed by atoms with Gasteiger partial charge in [-0.1, -0.05) is 0 Å². The maximum absolute atomic E-state index is 12.7. The Morgan fingerprint density at radius 1 is 1.59 bits per heavy atom. The molecule has 0 radical (unpaired) electrons. The van der Waals surface area contributed by atoms with Gasteiger partial charge in [0.1, 0.15) is 11.5 Å². The molecule has 8 heteroatoms. The molecule has 0 fully saturated rings. The highest BCUT2D eigenvalue weighted by Gasteiger charge is 2.47. The first-order valence-electron chi connectivity index (χ1n) is 4.92. The highest BCUT2D eigenvalue weighted by molar-refractivity contribution is 5.83. The number of alkyl halides is 3. The molecule has 0 spiro atoms. The Morgan fingerprint density at radius 3 is 2.76 bits per heavy atom. The summed E-state index contributed by atoms with van der Waals surface area (Å²) in [4.78, 5) is 3.46. The Morgan fingerprint density at radius 2 is 2.24 bits per heavy atom. The third-order valence-electron chi connectivity index (χ3n) is 2.35. The van der Waals surface area contributed by atoms with Crippen LogP contribution in [0, 0.1) is 0 Å². The topological polar surface area (TPSA) is 85.7 Å². The van der Waals surface area contributed by atoms with Crippen molar-refractivity contribution in [1.29, 1.82) is 0 Å². The van der Waals surface area contributed by atoms with E-state index in [2.05, 4.69) is 10.3 Å². The van der Waals surface area contributed by atoms with E-state index in [1.807, 2.05) is 0 Å². The minimum absolute atomic E-state index is 0.0606. The third kappa shape index (κ3) is 3.42. The SMILES string of the molecule is COCCNC1(N)CC(N)=NC=C1C(F)(F)F. The lowest BCUT2D eigenvalue weighted by Crippen LogP contribution is -2.61. The molecular weight excluding hydrogens is 237 g/mol. The van der Waals surface area contributed by atoms with E-state index in [-0.39, 0.29) is 25.4 Å². The van der Waals surface area contributed by atoms with Crippen molar-refractivity contribution < 1.29 is 17.9 Å². The van der Waals surface area contributed by atoms with Crippen LogP contribution in [-0.2, 0) is 4.74 Å². The first-order valence-corrected chi connectivity index (χ1v) is 4.92. The summed E-state index contributed by atoms with van der Waals surface area (Å²) in [5.74, 6) is 0.0606. The summed E-state index contributed by atoms with van der Waals surface area (Å²) in [6.07, 6.45) is -4.07. The molecule has 1 rings (SSSR count). The van der Waals surface area contributed by atoms with E-state index in [9.17, 15) is 13.2 Å². The fraction of sp³-hybridized carbons (Fsp3) is 0.667. The Bertz CT molecular complexity index is 340. The molecule has 0 saturated heterocycles. The molecule has 5 N–H and O–H groups in total. The fourth-order valence-corrected chi connectivity index (χ4v) is 1.55. The average Bonchev–Trinajstić information content (AvgIpc) is 2.15. The van der Waals surface area contributed by atoms with Gasteiger partial charge in [-0.3, -0.25) is 5.32 Å². The summed E-state index contributed by atoms with van der Waals surface area (Å²) in [5, 5.41) is 2.59. The van der Waals surface area contributed by atoms with Crippen molar-refractivity contribution in [3.8, 4) is 0 Å². The van der Waals surface area contributed by atoms with E-state index in [0.717, 1.165) is 0 Å². The summed E-state index contributed by atoms with van der Waals surface area (Å²) in [6.45, 7) is 0.439. The van der Waals surface area contributed by atoms with Gasteiger partial charge in [0, 0.05) is 26.3 Å². The highest BCUT2D eigenvalue weighted by atomic mass is 19.4. The van der Waals surface area contributed by atoms with Gasteiger partial charge in [-0.15, -0.1) is 0 Å². The van der Waals surface area contributed by atoms with Gasteiger partial charge >= 0.3 is 6.18 Å². The number of nitrogens with two attached hydrogens (primary N) is 2. The number of nitrogens with one attached hydrogen (secondary N) is 1. The Kier molecular flexibility index (Phi) is 4.12. The van der Waals surface area contributed by atoms with Gasteiger partial charge in [-0.2, -0.15) is 13.2 Å². The van der Waals surface area contributed by atoms with Gasteiger partial charge in [0.05, 0.1) is 12.2 Å². The van der Waals surface area contributed by atoms with Crippen LogP contribution in [0.5, 0.6) is 0 Å². The van der Waals surface area contributed by atoms with Crippen molar-refractivity contribution in [2.75, 3.05) is 20.3 Å². The van der Waals surface area contributed by atoms with E-state index in [4.69, 9.17) is 16.2 Å². The number of rotatable bonds is 4. The standard InChI is InChI=1S/C9H15F3N4O/c1-17-3-2-16-8(14)4-7(13)15-5-6(8)9(10,11)12/h5,16H,2-4,14H2,1H3,(H2,13,15). The monoisotopic (exact) mass is 252 g/mol. The highest BCUT2D eigenvalue weighted by Crippen LogP contribution is 2.34. The van der Waals surface area contributed by atoms with Crippen molar-refractivity contribution in [1.82, 2.24) is 5.32 Å². The van der Waals surface area contributed by atoms with E-state index in [0.29, 0.717) is 6.20 Å². The van der Waals surface area contributed by atoms with Gasteiger partial charge in [0.25, 0.3) is 0 Å². The second kappa shape index (κ2) is 5.03. The molecule has 1 aliphatic rings. The number of nitrogens with zero attached hydrogens (tertiary/aromatic N) is 1. The van der Waals surface area contributed by atoms with Crippen molar-refractivity contribution in [2.45, 2.75) is 18.3 Å². The van der Waals surface area contributed by atoms with E-state index >= 15 is 0 Å². The van der Waals surface area contributed by atoms with Crippen molar-refractivity contribution in [3.05, 3.63) is 11.8 Å². The molecule has 1 heterocycles. The van der Waals surface area contributed by atoms with Crippen molar-refractivity contribution in [2.24, 2.45) is 16.5 Å². The summed E-state index contributed by atoms with van der Waals surface area (Å²) in [6, 6.07) is 0. The maximum atomic E-state index is 12.7. The van der Waals surface area contributed by atoms with Crippen LogP contribution in [-0.4, -0.2) is 37.9 Å². The van der Waals surface area contributed by atoms with E-state index < -0.39 is 17.4 Å². The minimum Gasteiger partial charge on any atom is -0.387 e. The molecule has 1 aliphatic heterocycles. The van der Waals surface area contributed by atoms with Crippen LogP contribution in [0.15, 0.2) is 16.8 Å². The molecule has 0 amide bonds. The summed E-state index contributed by atoms with van der Waals surface area (Å²) in [5.41, 5.74) is 8.43. The molecule has 0 bridgehead atoms. The maximum Gasteiger partial charge on any atom is 0.417 e. The smallest absolute Gasteiger partial charge is 0.387 e. The van der Waals surface area contributed by atoms with Crippen LogP contribution in [0.3, 0.4) is 0 Å². The molecule has 98 valence electrons. The molecule has 1 atom stereocenters. The van der Waals surface area contributed by atoms with Crippen LogP contribution < -0.4 is 16.8 Å². The summed E-state index contributed by atoms with van der Waals surface area (Å²) < 4.78 is 43.0. The summed E-state index contributed by atoms with van der Waals surface area (Å²) in [7, 11) is 1.45. The number of hydrogen-bond donors (Lipinski definition) is 3. The fourth-order valence-electron chi connectivity index (χ4n) is 1.55. The Balaban J connectivity index is 2.88. The first-order chi connectivity index (χ1) is 7.79. The Hall–Kier alpha value is -1.12. The third-order valence-corrected chi connectivity index (χ3v) is 2.35. The van der Waals surface area contributed by atoms with Crippen LogP contribution in [0.2, 0.25) is 0 Å². The molecule has 0 aliphatic carbocycles. The second-order valence-electron chi connectivity index (χ2n) is 3.73. The molecule has 17 heavy (non-hydrogen) atoms. The second-order valence-corrected chi connectivity index (χ2v) is 3.73. The number of ether oxygens (including phenoxy) is 1. The lowest BCUT2D eigenvalue weighted by Gasteiger charge is -2.35. The van der Waals surface area contributed by atoms with Crippen LogP contribution in [0.25, 0.3) is 0 Å². The molecule has 1 unspecified atom stereocenters. The van der Waals surface area contributed by atoms with E-state index in [1.165, 1.54) is 7.11 Å².